The van der Waals surface area contributed by atoms with Gasteiger partial charge in [0.05, 0.1) is 6.04 Å². The Morgan fingerprint density at radius 2 is 2.06 bits per heavy atom. The van der Waals surface area contributed by atoms with E-state index >= 15 is 0 Å². The highest BCUT2D eigenvalue weighted by molar-refractivity contribution is 5.23. The van der Waals surface area contributed by atoms with E-state index in [0.717, 1.165) is 12.0 Å². The molecule has 17 heavy (non-hydrogen) atoms. The summed E-state index contributed by atoms with van der Waals surface area (Å²) in [5.74, 6) is -0.181. The van der Waals surface area contributed by atoms with E-state index < -0.39 is 0 Å². The third-order valence-corrected chi connectivity index (χ3v) is 3.83. The van der Waals surface area contributed by atoms with Gasteiger partial charge in [0.1, 0.15) is 5.82 Å². The maximum atomic E-state index is 13.3. The van der Waals surface area contributed by atoms with Crippen LogP contribution in [-0.4, -0.2) is 31.6 Å². The first-order valence-electron chi connectivity index (χ1n) is 6.06. The van der Waals surface area contributed by atoms with E-state index in [1.54, 1.807) is 12.1 Å². The normalized spacial score (nSPS) is 16.9. The second-order valence-electron chi connectivity index (χ2n) is 4.88. The number of rotatable bonds is 5. The van der Waals surface area contributed by atoms with Gasteiger partial charge in [0.25, 0.3) is 0 Å². The van der Waals surface area contributed by atoms with Crippen molar-refractivity contribution >= 4 is 0 Å². The van der Waals surface area contributed by atoms with E-state index in [4.69, 9.17) is 0 Å². The largest absolute Gasteiger partial charge is 0.311 e. The molecule has 0 saturated heterocycles. The van der Waals surface area contributed by atoms with Crippen molar-refractivity contribution in [3.63, 3.8) is 0 Å². The summed E-state index contributed by atoms with van der Waals surface area (Å²) < 4.78 is 13.3. The molecule has 0 aromatic heterocycles. The second-order valence-corrected chi connectivity index (χ2v) is 4.88. The molecule has 0 heterocycles. The Labute approximate surface area is 104 Å². The average Bonchev–Trinajstić information content (AvgIpc) is 2.29. The summed E-state index contributed by atoms with van der Waals surface area (Å²) in [6, 6.07) is 6.94. The zero-order valence-corrected chi connectivity index (χ0v) is 11.4. The fourth-order valence-corrected chi connectivity index (χ4v) is 2.30. The first kappa shape index (κ1) is 14.1. The number of likely N-dealkylation sites (N-methyl/N-ethyl adjacent to an activating group) is 2. The molecule has 0 radical (unpaired) electrons. The summed E-state index contributed by atoms with van der Waals surface area (Å²) in [4.78, 5) is 2.19. The van der Waals surface area contributed by atoms with Crippen LogP contribution in [0.2, 0.25) is 0 Å². The fourth-order valence-electron chi connectivity index (χ4n) is 2.30. The molecule has 0 amide bonds. The van der Waals surface area contributed by atoms with Gasteiger partial charge in [0, 0.05) is 5.54 Å². The van der Waals surface area contributed by atoms with Gasteiger partial charge in [-0.25, -0.2) is 4.39 Å². The third-order valence-electron chi connectivity index (χ3n) is 3.83. The van der Waals surface area contributed by atoms with Crippen LogP contribution in [0.3, 0.4) is 0 Å². The summed E-state index contributed by atoms with van der Waals surface area (Å²) in [6.45, 7) is 4.35. The van der Waals surface area contributed by atoms with Crippen LogP contribution in [0.5, 0.6) is 0 Å². The molecule has 0 saturated carbocycles. The number of halogens is 1. The van der Waals surface area contributed by atoms with Gasteiger partial charge in [-0.3, -0.25) is 0 Å². The standard InChI is InChI=1S/C14H23FN2/c1-6-14(2,17(4)5)13(16-3)11-8-7-9-12(15)10-11/h7-10,13,16H,6H2,1-5H3. The molecule has 1 N–H and O–H groups in total. The Balaban J connectivity index is 3.14. The van der Waals surface area contributed by atoms with Crippen molar-refractivity contribution in [1.82, 2.24) is 10.2 Å². The van der Waals surface area contributed by atoms with Crippen LogP contribution in [-0.2, 0) is 0 Å². The average molecular weight is 238 g/mol. The number of hydrogen-bond acceptors (Lipinski definition) is 2. The number of nitrogens with zero attached hydrogens (tertiary/aromatic N) is 1. The first-order chi connectivity index (χ1) is 7.95. The minimum atomic E-state index is -0.181. The van der Waals surface area contributed by atoms with Crippen molar-refractivity contribution in [1.29, 1.82) is 0 Å². The van der Waals surface area contributed by atoms with Gasteiger partial charge < -0.3 is 10.2 Å². The molecule has 1 aromatic rings. The highest BCUT2D eigenvalue weighted by Gasteiger charge is 2.34. The van der Waals surface area contributed by atoms with E-state index in [1.165, 1.54) is 6.07 Å². The van der Waals surface area contributed by atoms with Crippen LogP contribution >= 0.6 is 0 Å². The van der Waals surface area contributed by atoms with Gasteiger partial charge >= 0.3 is 0 Å². The molecular weight excluding hydrogens is 215 g/mol. The minimum absolute atomic E-state index is 0.0391. The molecule has 0 aliphatic carbocycles. The monoisotopic (exact) mass is 238 g/mol. The zero-order valence-electron chi connectivity index (χ0n) is 11.4. The van der Waals surface area contributed by atoms with Crippen molar-refractivity contribution < 1.29 is 4.39 Å². The SMILES string of the molecule is CCC(C)(C(NC)c1cccc(F)c1)N(C)C. The van der Waals surface area contributed by atoms with Crippen molar-refractivity contribution in [2.24, 2.45) is 0 Å². The molecular formula is C14H23FN2. The van der Waals surface area contributed by atoms with Crippen LogP contribution in [0.1, 0.15) is 31.9 Å². The van der Waals surface area contributed by atoms with E-state index in [-0.39, 0.29) is 17.4 Å². The second kappa shape index (κ2) is 5.61. The van der Waals surface area contributed by atoms with Crippen molar-refractivity contribution in [3.8, 4) is 0 Å². The zero-order chi connectivity index (χ0) is 13.1. The van der Waals surface area contributed by atoms with Crippen LogP contribution in [0, 0.1) is 5.82 Å². The van der Waals surface area contributed by atoms with Gasteiger partial charge in [0.15, 0.2) is 0 Å². The summed E-state index contributed by atoms with van der Waals surface area (Å²) in [5.41, 5.74) is 0.952. The first-order valence-corrected chi connectivity index (χ1v) is 6.06. The lowest BCUT2D eigenvalue weighted by molar-refractivity contribution is 0.117. The van der Waals surface area contributed by atoms with Gasteiger partial charge in [-0.2, -0.15) is 0 Å². The highest BCUT2D eigenvalue weighted by Crippen LogP contribution is 2.32. The maximum absolute atomic E-state index is 13.3. The smallest absolute Gasteiger partial charge is 0.123 e. The molecule has 2 nitrogen and oxygen atoms in total. The van der Waals surface area contributed by atoms with E-state index in [9.17, 15) is 4.39 Å². The molecule has 1 aromatic carbocycles. The van der Waals surface area contributed by atoms with E-state index in [0.29, 0.717) is 0 Å². The quantitative estimate of drug-likeness (QED) is 0.848. The predicted octanol–water partition coefficient (Wildman–Crippen LogP) is 2.82. The molecule has 0 bridgehead atoms. The molecule has 0 spiro atoms. The van der Waals surface area contributed by atoms with Gasteiger partial charge in [-0.15, -0.1) is 0 Å². The van der Waals surface area contributed by atoms with Crippen LogP contribution in [0.4, 0.5) is 4.39 Å². The van der Waals surface area contributed by atoms with E-state index in [2.05, 4.69) is 38.2 Å². The molecule has 3 heteroatoms. The molecule has 1 rings (SSSR count). The van der Waals surface area contributed by atoms with Crippen molar-refractivity contribution in [3.05, 3.63) is 35.6 Å². The molecule has 96 valence electrons. The molecule has 2 atom stereocenters. The van der Waals surface area contributed by atoms with Crippen LogP contribution in [0.25, 0.3) is 0 Å². The van der Waals surface area contributed by atoms with Crippen LogP contribution < -0.4 is 5.32 Å². The third kappa shape index (κ3) is 2.85. The van der Waals surface area contributed by atoms with Gasteiger partial charge in [-0.05, 0) is 52.2 Å². The lowest BCUT2D eigenvalue weighted by Crippen LogP contribution is -2.50. The molecule has 2 unspecified atom stereocenters. The van der Waals surface area contributed by atoms with Gasteiger partial charge in [-0.1, -0.05) is 19.1 Å². The molecule has 0 fully saturated rings. The minimum Gasteiger partial charge on any atom is -0.311 e. The Bertz CT molecular complexity index is 365. The Kier molecular flexibility index (Phi) is 4.66. The van der Waals surface area contributed by atoms with Crippen molar-refractivity contribution in [2.75, 3.05) is 21.1 Å². The fraction of sp³-hybridized carbons (Fsp3) is 0.571. The predicted molar refractivity (Wildman–Crippen MR) is 70.6 cm³/mol. The maximum Gasteiger partial charge on any atom is 0.123 e. The number of nitrogens with one attached hydrogen (secondary N) is 1. The Morgan fingerprint density at radius 1 is 1.41 bits per heavy atom. The van der Waals surface area contributed by atoms with E-state index in [1.807, 2.05) is 13.1 Å². The lowest BCUT2D eigenvalue weighted by Gasteiger charge is -2.43. The number of hydrogen-bond donors (Lipinski definition) is 1. The van der Waals surface area contributed by atoms with Crippen molar-refractivity contribution in [2.45, 2.75) is 31.8 Å². The van der Waals surface area contributed by atoms with Gasteiger partial charge in [0.2, 0.25) is 0 Å². The lowest BCUT2D eigenvalue weighted by atomic mass is 9.83. The topological polar surface area (TPSA) is 15.3 Å². The molecule has 0 aliphatic heterocycles. The summed E-state index contributed by atoms with van der Waals surface area (Å²) in [7, 11) is 6.05. The summed E-state index contributed by atoms with van der Waals surface area (Å²) in [5, 5.41) is 3.31. The summed E-state index contributed by atoms with van der Waals surface area (Å²) >= 11 is 0. The Morgan fingerprint density at radius 3 is 2.47 bits per heavy atom. The molecule has 0 aliphatic rings. The number of benzene rings is 1. The van der Waals surface area contributed by atoms with Crippen LogP contribution in [0.15, 0.2) is 24.3 Å². The summed E-state index contributed by atoms with van der Waals surface area (Å²) in [6.07, 6.45) is 0.988. The Hall–Kier alpha value is -0.930. The highest BCUT2D eigenvalue weighted by atomic mass is 19.1.